The van der Waals surface area contributed by atoms with Gasteiger partial charge in [-0.05, 0) is 6.92 Å². The molecule has 0 bridgehead atoms. The highest BCUT2D eigenvalue weighted by molar-refractivity contribution is 6.31. The van der Waals surface area contributed by atoms with Crippen LogP contribution >= 0.6 is 11.6 Å². The van der Waals surface area contributed by atoms with E-state index in [0.717, 1.165) is 4.68 Å². The maximum Gasteiger partial charge on any atom is 0.435 e. The highest BCUT2D eigenvalue weighted by Gasteiger charge is 2.35. The second kappa shape index (κ2) is 5.99. The summed E-state index contributed by atoms with van der Waals surface area (Å²) in [4.78, 5) is 11.9. The minimum atomic E-state index is -4.60. The number of rotatable bonds is 4. The lowest BCUT2D eigenvalue weighted by molar-refractivity contribution is -0.141. The van der Waals surface area contributed by atoms with Gasteiger partial charge in [0.25, 0.3) is 5.91 Å². The van der Waals surface area contributed by atoms with E-state index in [2.05, 4.69) is 15.5 Å². The van der Waals surface area contributed by atoms with Crippen LogP contribution in [-0.2, 0) is 26.3 Å². The number of aryl methyl sites for hydroxylation is 2. The van der Waals surface area contributed by atoms with E-state index in [1.165, 1.54) is 7.05 Å². The summed E-state index contributed by atoms with van der Waals surface area (Å²) in [5, 5.41) is 10.3. The van der Waals surface area contributed by atoms with Crippen molar-refractivity contribution in [1.82, 2.24) is 24.9 Å². The Bertz CT molecular complexity index is 691. The first-order valence-electron chi connectivity index (χ1n) is 6.33. The standard InChI is InChI=1S/C12H13ClF3N5O/c1-3-21-6-7(13)8(18-21)5-17-11(22)9-4-10(12(14,15)16)19-20(9)2/h4,6H,3,5H2,1-2H3,(H,17,22). The van der Waals surface area contributed by atoms with Crippen molar-refractivity contribution in [2.75, 3.05) is 0 Å². The Morgan fingerprint density at radius 2 is 2.09 bits per heavy atom. The number of carbonyl (C=O) groups is 1. The van der Waals surface area contributed by atoms with Crippen LogP contribution in [0.15, 0.2) is 12.3 Å². The molecular weight excluding hydrogens is 323 g/mol. The average Bonchev–Trinajstić information content (AvgIpc) is 2.99. The van der Waals surface area contributed by atoms with Gasteiger partial charge in [0, 0.05) is 25.9 Å². The molecule has 0 atom stereocenters. The smallest absolute Gasteiger partial charge is 0.345 e. The molecule has 1 N–H and O–H groups in total. The van der Waals surface area contributed by atoms with E-state index in [1.54, 1.807) is 10.9 Å². The van der Waals surface area contributed by atoms with Crippen LogP contribution in [0.4, 0.5) is 13.2 Å². The molecule has 0 aromatic carbocycles. The molecule has 0 aliphatic carbocycles. The quantitative estimate of drug-likeness (QED) is 0.932. The van der Waals surface area contributed by atoms with Gasteiger partial charge in [-0.2, -0.15) is 23.4 Å². The number of carbonyl (C=O) groups excluding carboxylic acids is 1. The summed E-state index contributed by atoms with van der Waals surface area (Å²) >= 11 is 5.95. The molecule has 0 fully saturated rings. The molecule has 22 heavy (non-hydrogen) atoms. The topological polar surface area (TPSA) is 64.7 Å². The fraction of sp³-hybridized carbons (Fsp3) is 0.417. The fourth-order valence-electron chi connectivity index (χ4n) is 1.79. The Hall–Kier alpha value is -2.03. The van der Waals surface area contributed by atoms with Gasteiger partial charge in [-0.15, -0.1) is 0 Å². The molecule has 0 aliphatic rings. The number of halogens is 4. The first kappa shape index (κ1) is 16.3. The molecule has 2 aromatic rings. The zero-order valence-corrected chi connectivity index (χ0v) is 12.5. The zero-order chi connectivity index (χ0) is 16.5. The van der Waals surface area contributed by atoms with E-state index in [1.807, 2.05) is 6.92 Å². The van der Waals surface area contributed by atoms with Crippen LogP contribution in [0.2, 0.25) is 5.02 Å². The summed E-state index contributed by atoms with van der Waals surface area (Å²) in [6.45, 7) is 2.50. The molecule has 0 unspecified atom stereocenters. The summed E-state index contributed by atoms with van der Waals surface area (Å²) in [6.07, 6.45) is -2.99. The number of amides is 1. The molecular formula is C12H13ClF3N5O. The van der Waals surface area contributed by atoms with Crippen molar-refractivity contribution < 1.29 is 18.0 Å². The molecule has 10 heteroatoms. The van der Waals surface area contributed by atoms with Crippen molar-refractivity contribution in [3.63, 3.8) is 0 Å². The number of alkyl halides is 3. The molecule has 0 saturated heterocycles. The number of hydrogen-bond donors (Lipinski definition) is 1. The molecule has 6 nitrogen and oxygen atoms in total. The molecule has 1 amide bonds. The summed E-state index contributed by atoms with van der Waals surface area (Å²) < 4.78 is 40.1. The van der Waals surface area contributed by atoms with Gasteiger partial charge >= 0.3 is 6.18 Å². The third-order valence-corrected chi connectivity index (χ3v) is 3.25. The molecule has 0 aliphatic heterocycles. The van der Waals surface area contributed by atoms with E-state index in [-0.39, 0.29) is 12.2 Å². The number of nitrogens with one attached hydrogen (secondary N) is 1. The second-order valence-electron chi connectivity index (χ2n) is 4.50. The second-order valence-corrected chi connectivity index (χ2v) is 4.91. The Morgan fingerprint density at radius 3 is 2.59 bits per heavy atom. The third-order valence-electron chi connectivity index (χ3n) is 2.93. The van der Waals surface area contributed by atoms with E-state index in [4.69, 9.17) is 11.6 Å². The number of aromatic nitrogens is 4. The van der Waals surface area contributed by atoms with Crippen LogP contribution in [0.3, 0.4) is 0 Å². The lowest BCUT2D eigenvalue weighted by atomic mass is 10.3. The molecule has 2 aromatic heterocycles. The highest BCUT2D eigenvalue weighted by atomic mass is 35.5. The van der Waals surface area contributed by atoms with Crippen molar-refractivity contribution >= 4 is 17.5 Å². The van der Waals surface area contributed by atoms with Crippen molar-refractivity contribution in [3.05, 3.63) is 34.4 Å². The van der Waals surface area contributed by atoms with Crippen LogP contribution in [0.5, 0.6) is 0 Å². The van der Waals surface area contributed by atoms with Crippen molar-refractivity contribution in [1.29, 1.82) is 0 Å². The van der Waals surface area contributed by atoms with Crippen LogP contribution in [0.1, 0.15) is 28.8 Å². The summed E-state index contributed by atoms with van der Waals surface area (Å²) in [6, 6.07) is 0.696. The normalized spacial score (nSPS) is 11.7. The third kappa shape index (κ3) is 3.41. The molecule has 0 spiro atoms. The van der Waals surface area contributed by atoms with Gasteiger partial charge in [-0.25, -0.2) is 0 Å². The van der Waals surface area contributed by atoms with Crippen molar-refractivity contribution in [2.45, 2.75) is 26.2 Å². The molecule has 0 radical (unpaired) electrons. The SMILES string of the molecule is CCn1cc(Cl)c(CNC(=O)c2cc(C(F)(F)F)nn2C)n1. The first-order valence-corrected chi connectivity index (χ1v) is 6.71. The van der Waals surface area contributed by atoms with E-state index in [0.29, 0.717) is 23.3 Å². The Morgan fingerprint density at radius 1 is 1.41 bits per heavy atom. The van der Waals surface area contributed by atoms with E-state index in [9.17, 15) is 18.0 Å². The molecule has 2 heterocycles. The summed E-state index contributed by atoms with van der Waals surface area (Å²) in [5.74, 6) is -0.687. The molecule has 0 saturated carbocycles. The lowest BCUT2D eigenvalue weighted by Gasteiger charge is -2.03. The minimum absolute atomic E-state index is 0.0111. The zero-order valence-electron chi connectivity index (χ0n) is 11.8. The van der Waals surface area contributed by atoms with Gasteiger partial charge in [0.1, 0.15) is 11.4 Å². The van der Waals surface area contributed by atoms with Crippen LogP contribution < -0.4 is 5.32 Å². The van der Waals surface area contributed by atoms with Crippen LogP contribution in [0, 0.1) is 0 Å². The molecule has 120 valence electrons. The van der Waals surface area contributed by atoms with Gasteiger partial charge in [0.15, 0.2) is 5.69 Å². The Balaban J connectivity index is 2.09. The predicted molar refractivity (Wildman–Crippen MR) is 72.3 cm³/mol. The van der Waals surface area contributed by atoms with Crippen LogP contribution in [-0.4, -0.2) is 25.5 Å². The maximum absolute atomic E-state index is 12.6. The first-order chi connectivity index (χ1) is 10.2. The maximum atomic E-state index is 12.6. The van der Waals surface area contributed by atoms with Gasteiger partial charge in [0.05, 0.1) is 11.6 Å². The van der Waals surface area contributed by atoms with Gasteiger partial charge in [-0.3, -0.25) is 14.2 Å². The average molecular weight is 336 g/mol. The fourth-order valence-corrected chi connectivity index (χ4v) is 2.01. The number of hydrogen-bond acceptors (Lipinski definition) is 3. The van der Waals surface area contributed by atoms with Gasteiger partial charge in [0.2, 0.25) is 0 Å². The predicted octanol–water partition coefficient (Wildman–Crippen LogP) is 2.24. The Kier molecular flexibility index (Phi) is 4.45. The van der Waals surface area contributed by atoms with E-state index < -0.39 is 17.8 Å². The van der Waals surface area contributed by atoms with Crippen molar-refractivity contribution in [3.8, 4) is 0 Å². The minimum Gasteiger partial charge on any atom is -0.345 e. The monoisotopic (exact) mass is 335 g/mol. The van der Waals surface area contributed by atoms with E-state index >= 15 is 0 Å². The highest BCUT2D eigenvalue weighted by Crippen LogP contribution is 2.28. The molecule has 2 rings (SSSR count). The lowest BCUT2D eigenvalue weighted by Crippen LogP contribution is -2.25. The largest absolute Gasteiger partial charge is 0.435 e. The summed E-state index contributed by atoms with van der Waals surface area (Å²) in [7, 11) is 1.27. The van der Waals surface area contributed by atoms with Crippen molar-refractivity contribution in [2.24, 2.45) is 7.05 Å². The number of nitrogens with zero attached hydrogens (tertiary/aromatic N) is 4. The van der Waals surface area contributed by atoms with Gasteiger partial charge in [-0.1, -0.05) is 11.6 Å². The Labute approximate surface area is 128 Å². The summed E-state index contributed by atoms with van der Waals surface area (Å²) in [5.41, 5.74) is -0.873. The van der Waals surface area contributed by atoms with Crippen LogP contribution in [0.25, 0.3) is 0 Å². The van der Waals surface area contributed by atoms with Gasteiger partial charge < -0.3 is 5.32 Å².